The summed E-state index contributed by atoms with van der Waals surface area (Å²) < 4.78 is 11.3. The molecule has 0 amide bonds. The van der Waals surface area contributed by atoms with Crippen LogP contribution in [0.1, 0.15) is 23.2 Å². The van der Waals surface area contributed by atoms with E-state index in [-0.39, 0.29) is 0 Å². The van der Waals surface area contributed by atoms with Crippen LogP contribution in [0.4, 0.5) is 0 Å². The van der Waals surface area contributed by atoms with Crippen LogP contribution in [0.25, 0.3) is 0 Å². The molecule has 0 fully saturated rings. The van der Waals surface area contributed by atoms with Gasteiger partial charge in [-0.15, -0.1) is 0 Å². The molecule has 4 nitrogen and oxygen atoms in total. The molecule has 1 aliphatic rings. The van der Waals surface area contributed by atoms with Crippen molar-refractivity contribution in [3.8, 4) is 17.6 Å². The monoisotopic (exact) mass is 312 g/mol. The average Bonchev–Trinajstić information content (AvgIpc) is 2.71. The number of ether oxygens (including phenoxy) is 2. The van der Waals surface area contributed by atoms with Gasteiger partial charge >= 0.3 is 0 Å². The second-order valence-corrected chi connectivity index (χ2v) is 6.20. The molecule has 0 spiro atoms. The maximum atomic E-state index is 9.35. The van der Waals surface area contributed by atoms with E-state index in [9.17, 15) is 5.26 Å². The number of benzene rings is 1. The number of nitrogens with zero attached hydrogens (tertiary/aromatic N) is 2. The summed E-state index contributed by atoms with van der Waals surface area (Å²) in [7, 11) is 0. The van der Waals surface area contributed by atoms with Gasteiger partial charge in [-0.2, -0.15) is 5.26 Å². The molecule has 1 aromatic heterocycles. The Bertz CT molecular complexity index is 753. The van der Waals surface area contributed by atoms with E-state index >= 15 is 0 Å². The first-order valence-corrected chi connectivity index (χ1v) is 7.95. The average molecular weight is 312 g/mol. The normalized spacial score (nSPS) is 13.3. The van der Waals surface area contributed by atoms with E-state index in [0.717, 1.165) is 39.1 Å². The first-order valence-electron chi connectivity index (χ1n) is 7.13. The van der Waals surface area contributed by atoms with E-state index in [1.165, 1.54) is 11.8 Å². The highest BCUT2D eigenvalue weighted by Gasteiger charge is 2.14. The molecule has 5 heteroatoms. The molecule has 0 saturated carbocycles. The molecular formula is C17H16N2O2S. The Morgan fingerprint density at radius 1 is 1.14 bits per heavy atom. The minimum atomic E-state index is 0.628. The van der Waals surface area contributed by atoms with Crippen LogP contribution in [0.15, 0.2) is 34.2 Å². The van der Waals surface area contributed by atoms with Gasteiger partial charge in [-0.25, -0.2) is 4.98 Å². The number of aromatic nitrogens is 1. The van der Waals surface area contributed by atoms with E-state index < -0.39 is 0 Å². The summed E-state index contributed by atoms with van der Waals surface area (Å²) >= 11 is 1.48. The smallest absolute Gasteiger partial charge is 0.162 e. The molecule has 0 unspecified atom stereocenters. The lowest BCUT2D eigenvalue weighted by atomic mass is 10.1. The van der Waals surface area contributed by atoms with Gasteiger partial charge in [0.2, 0.25) is 0 Å². The Balaban J connectivity index is 1.94. The lowest BCUT2D eigenvalue weighted by molar-refractivity contribution is 0.297. The summed E-state index contributed by atoms with van der Waals surface area (Å²) in [6.07, 6.45) is 0.883. The molecule has 1 aromatic carbocycles. The van der Waals surface area contributed by atoms with Gasteiger partial charge in [-0.05, 0) is 43.7 Å². The van der Waals surface area contributed by atoms with Crippen molar-refractivity contribution in [1.82, 2.24) is 4.98 Å². The minimum absolute atomic E-state index is 0.628. The van der Waals surface area contributed by atoms with E-state index in [0.29, 0.717) is 18.8 Å². The summed E-state index contributed by atoms with van der Waals surface area (Å²) in [4.78, 5) is 5.48. The van der Waals surface area contributed by atoms with Gasteiger partial charge < -0.3 is 9.47 Å². The third-order valence-electron chi connectivity index (χ3n) is 3.36. The summed E-state index contributed by atoms with van der Waals surface area (Å²) in [5.41, 5.74) is 2.49. The van der Waals surface area contributed by atoms with Crippen molar-refractivity contribution in [3.63, 3.8) is 0 Å². The Morgan fingerprint density at radius 2 is 1.91 bits per heavy atom. The zero-order valence-electron chi connectivity index (χ0n) is 12.5. The van der Waals surface area contributed by atoms with Crippen LogP contribution < -0.4 is 9.47 Å². The molecular weight excluding hydrogens is 296 g/mol. The summed E-state index contributed by atoms with van der Waals surface area (Å²) in [5.74, 6) is 1.53. The van der Waals surface area contributed by atoms with Gasteiger partial charge in [0.15, 0.2) is 11.5 Å². The van der Waals surface area contributed by atoms with Crippen LogP contribution in [-0.4, -0.2) is 18.2 Å². The zero-order valence-corrected chi connectivity index (χ0v) is 13.4. The van der Waals surface area contributed by atoms with E-state index in [1.807, 2.05) is 38.1 Å². The molecule has 0 radical (unpaired) electrons. The SMILES string of the molecule is Cc1cc(C)c(C#N)c(Sc2ccc3c(c2)OCCCO3)n1. The number of rotatable bonds is 2. The maximum absolute atomic E-state index is 9.35. The van der Waals surface area contributed by atoms with Crippen molar-refractivity contribution >= 4 is 11.8 Å². The minimum Gasteiger partial charge on any atom is -0.490 e. The molecule has 0 saturated heterocycles. The summed E-state index contributed by atoms with van der Waals surface area (Å²) in [6, 6.07) is 10.0. The molecule has 112 valence electrons. The third kappa shape index (κ3) is 3.02. The number of hydrogen-bond donors (Lipinski definition) is 0. The van der Waals surface area contributed by atoms with E-state index in [2.05, 4.69) is 11.1 Å². The van der Waals surface area contributed by atoms with Crippen LogP contribution >= 0.6 is 11.8 Å². The van der Waals surface area contributed by atoms with Crippen molar-refractivity contribution in [2.24, 2.45) is 0 Å². The van der Waals surface area contributed by atoms with E-state index in [1.54, 1.807) is 0 Å². The van der Waals surface area contributed by atoms with Crippen LogP contribution in [0.2, 0.25) is 0 Å². The van der Waals surface area contributed by atoms with Crippen LogP contribution in [-0.2, 0) is 0 Å². The highest BCUT2D eigenvalue weighted by molar-refractivity contribution is 7.99. The van der Waals surface area contributed by atoms with Crippen molar-refractivity contribution in [2.75, 3.05) is 13.2 Å². The van der Waals surface area contributed by atoms with E-state index in [4.69, 9.17) is 9.47 Å². The van der Waals surface area contributed by atoms with Gasteiger partial charge in [0.1, 0.15) is 11.1 Å². The van der Waals surface area contributed by atoms with Crippen LogP contribution in [0.3, 0.4) is 0 Å². The number of pyridine rings is 1. The fourth-order valence-corrected chi connectivity index (χ4v) is 3.35. The highest BCUT2D eigenvalue weighted by atomic mass is 32.2. The Kier molecular flexibility index (Phi) is 4.21. The molecule has 2 heterocycles. The first-order chi connectivity index (χ1) is 10.7. The molecule has 3 rings (SSSR count). The lowest BCUT2D eigenvalue weighted by Crippen LogP contribution is -1.97. The molecule has 0 atom stereocenters. The van der Waals surface area contributed by atoms with Crippen LogP contribution in [0.5, 0.6) is 11.5 Å². The first kappa shape index (κ1) is 14.7. The third-order valence-corrected chi connectivity index (χ3v) is 4.34. The van der Waals surface area contributed by atoms with Gasteiger partial charge in [0, 0.05) is 17.0 Å². The van der Waals surface area contributed by atoms with Crippen LogP contribution in [0, 0.1) is 25.2 Å². The molecule has 1 aliphatic heterocycles. The number of hydrogen-bond acceptors (Lipinski definition) is 5. The topological polar surface area (TPSA) is 55.1 Å². The predicted molar refractivity (Wildman–Crippen MR) is 84.6 cm³/mol. The zero-order chi connectivity index (χ0) is 15.5. The number of nitriles is 1. The van der Waals surface area contributed by atoms with Gasteiger partial charge in [0.05, 0.1) is 18.8 Å². The second-order valence-electron chi connectivity index (χ2n) is 5.13. The Morgan fingerprint density at radius 3 is 2.68 bits per heavy atom. The summed E-state index contributed by atoms with van der Waals surface area (Å²) in [5, 5.41) is 10.1. The quantitative estimate of drug-likeness (QED) is 0.842. The Labute approximate surface area is 134 Å². The fraction of sp³-hybridized carbons (Fsp3) is 0.294. The molecule has 2 aromatic rings. The van der Waals surface area contributed by atoms with Crippen molar-refractivity contribution < 1.29 is 9.47 Å². The predicted octanol–water partition coefficient (Wildman–Crippen LogP) is 3.88. The molecule has 0 bridgehead atoms. The van der Waals surface area contributed by atoms with Gasteiger partial charge in [-0.1, -0.05) is 11.8 Å². The molecule has 0 aliphatic carbocycles. The lowest BCUT2D eigenvalue weighted by Gasteiger charge is -2.10. The second kappa shape index (κ2) is 6.29. The van der Waals surface area contributed by atoms with Crippen molar-refractivity contribution in [3.05, 3.63) is 41.1 Å². The molecule has 22 heavy (non-hydrogen) atoms. The number of aryl methyl sites for hydroxylation is 2. The van der Waals surface area contributed by atoms with Gasteiger partial charge in [-0.3, -0.25) is 0 Å². The molecule has 0 N–H and O–H groups in total. The van der Waals surface area contributed by atoms with Crippen molar-refractivity contribution in [1.29, 1.82) is 5.26 Å². The standard InChI is InChI=1S/C17H16N2O2S/c1-11-8-12(2)19-17(14(11)10-18)22-13-4-5-15-16(9-13)21-7-3-6-20-15/h4-5,8-9H,3,6-7H2,1-2H3. The largest absolute Gasteiger partial charge is 0.490 e. The van der Waals surface area contributed by atoms with Gasteiger partial charge in [0.25, 0.3) is 0 Å². The highest BCUT2D eigenvalue weighted by Crippen LogP contribution is 2.37. The summed E-state index contributed by atoms with van der Waals surface area (Å²) in [6.45, 7) is 5.21. The number of fused-ring (bicyclic) bond motifs is 1. The Hall–Kier alpha value is -2.19. The van der Waals surface area contributed by atoms with Crippen molar-refractivity contribution in [2.45, 2.75) is 30.2 Å². The maximum Gasteiger partial charge on any atom is 0.162 e. The fourth-order valence-electron chi connectivity index (χ4n) is 2.33.